The van der Waals surface area contributed by atoms with E-state index in [1.165, 1.54) is 12.1 Å². The number of thiophene rings is 1. The Bertz CT molecular complexity index is 1090. The maximum Gasteiger partial charge on any atom is 0.249 e. The summed E-state index contributed by atoms with van der Waals surface area (Å²) in [5, 5.41) is 1.97. The van der Waals surface area contributed by atoms with Crippen molar-refractivity contribution < 1.29 is 23.5 Å². The zero-order chi connectivity index (χ0) is 25.2. The third-order valence-electron chi connectivity index (χ3n) is 6.03. The van der Waals surface area contributed by atoms with Gasteiger partial charge in [0.05, 0.1) is 25.8 Å². The van der Waals surface area contributed by atoms with Crippen LogP contribution in [0.4, 0.5) is 4.39 Å². The molecule has 1 fully saturated rings. The Kier molecular flexibility index (Phi) is 9.61. The first-order valence-electron chi connectivity index (χ1n) is 12.1. The van der Waals surface area contributed by atoms with E-state index in [4.69, 9.17) is 9.47 Å². The molecule has 4 rings (SSSR count). The fraction of sp³-hybridized carbons (Fsp3) is 0.357. The number of nitrogens with zero attached hydrogens (tertiary/aromatic N) is 2. The highest BCUT2D eigenvalue weighted by Crippen LogP contribution is 2.17. The normalized spacial score (nSPS) is 15.1. The van der Waals surface area contributed by atoms with Crippen molar-refractivity contribution >= 4 is 23.2 Å². The topological polar surface area (TPSA) is 59.1 Å². The van der Waals surface area contributed by atoms with Crippen molar-refractivity contribution in [3.8, 4) is 0 Å². The van der Waals surface area contributed by atoms with Crippen LogP contribution in [0.3, 0.4) is 0 Å². The molecule has 1 aliphatic heterocycles. The second-order valence-corrected chi connectivity index (χ2v) is 9.88. The van der Waals surface area contributed by atoms with Gasteiger partial charge >= 0.3 is 0 Å². The third kappa shape index (κ3) is 7.98. The highest BCUT2D eigenvalue weighted by atomic mass is 32.1. The second-order valence-electron chi connectivity index (χ2n) is 8.84. The van der Waals surface area contributed by atoms with Crippen LogP contribution in [0.5, 0.6) is 0 Å². The molecule has 0 radical (unpaired) electrons. The van der Waals surface area contributed by atoms with Gasteiger partial charge in [0.15, 0.2) is 0 Å². The Morgan fingerprint density at radius 1 is 0.944 bits per heavy atom. The molecule has 2 amide bonds. The largest absolute Gasteiger partial charge is 0.376 e. The number of carbonyl (C=O) groups is 2. The number of rotatable bonds is 12. The molecule has 1 aromatic heterocycles. The molecule has 1 atom stereocenters. The molecule has 2 aromatic carbocycles. The SMILES string of the molecule is O=C(CN(CC1CCCO1)C(=O)COCc1ccccc1)N(Cc1ccc(F)cc1)Cc1cccs1. The first-order chi connectivity index (χ1) is 17.6. The van der Waals surface area contributed by atoms with Gasteiger partial charge < -0.3 is 19.3 Å². The Hall–Kier alpha value is -3.07. The van der Waals surface area contributed by atoms with Crippen LogP contribution in [0, 0.1) is 5.82 Å². The van der Waals surface area contributed by atoms with Gasteiger partial charge in [0, 0.05) is 24.6 Å². The summed E-state index contributed by atoms with van der Waals surface area (Å²) < 4.78 is 24.8. The molecule has 8 heteroatoms. The van der Waals surface area contributed by atoms with Gasteiger partial charge in [0.1, 0.15) is 12.4 Å². The first kappa shape index (κ1) is 26.0. The van der Waals surface area contributed by atoms with Crippen molar-refractivity contribution in [2.24, 2.45) is 0 Å². The monoisotopic (exact) mass is 510 g/mol. The summed E-state index contributed by atoms with van der Waals surface area (Å²) in [5.41, 5.74) is 1.80. The van der Waals surface area contributed by atoms with Crippen LogP contribution in [0.15, 0.2) is 72.1 Å². The number of carbonyl (C=O) groups excluding carboxylic acids is 2. The van der Waals surface area contributed by atoms with Crippen molar-refractivity contribution in [2.45, 2.75) is 38.6 Å². The van der Waals surface area contributed by atoms with Crippen molar-refractivity contribution in [3.05, 3.63) is 93.9 Å². The Labute approximate surface area is 215 Å². The number of halogens is 1. The van der Waals surface area contributed by atoms with Crippen molar-refractivity contribution in [2.75, 3.05) is 26.3 Å². The molecular weight excluding hydrogens is 479 g/mol. The van der Waals surface area contributed by atoms with E-state index in [9.17, 15) is 14.0 Å². The lowest BCUT2D eigenvalue weighted by Gasteiger charge is -2.29. The van der Waals surface area contributed by atoms with E-state index in [0.29, 0.717) is 32.8 Å². The fourth-order valence-electron chi connectivity index (χ4n) is 4.11. The van der Waals surface area contributed by atoms with E-state index in [1.54, 1.807) is 33.3 Å². The van der Waals surface area contributed by atoms with E-state index < -0.39 is 0 Å². The van der Waals surface area contributed by atoms with Gasteiger partial charge in [0.2, 0.25) is 11.8 Å². The number of amides is 2. The summed E-state index contributed by atoms with van der Waals surface area (Å²) in [7, 11) is 0. The van der Waals surface area contributed by atoms with Crippen molar-refractivity contribution in [1.29, 1.82) is 0 Å². The molecular formula is C28H31FN2O4S. The average Bonchev–Trinajstić information content (AvgIpc) is 3.60. The molecule has 1 aliphatic rings. The van der Waals surface area contributed by atoms with E-state index in [1.807, 2.05) is 47.8 Å². The molecule has 3 aromatic rings. The summed E-state index contributed by atoms with van der Waals surface area (Å²) in [6, 6.07) is 19.7. The lowest BCUT2D eigenvalue weighted by atomic mass is 10.2. The molecule has 1 unspecified atom stereocenters. The van der Waals surface area contributed by atoms with E-state index in [2.05, 4.69) is 0 Å². The molecule has 36 heavy (non-hydrogen) atoms. The maximum atomic E-state index is 13.5. The highest BCUT2D eigenvalue weighted by Gasteiger charge is 2.26. The predicted molar refractivity (Wildman–Crippen MR) is 137 cm³/mol. The minimum absolute atomic E-state index is 0.0695. The predicted octanol–water partition coefficient (Wildman–Crippen LogP) is 4.64. The average molecular weight is 511 g/mol. The van der Waals surface area contributed by atoms with Crippen LogP contribution in [0.2, 0.25) is 0 Å². The van der Waals surface area contributed by atoms with E-state index in [0.717, 1.165) is 28.8 Å². The summed E-state index contributed by atoms with van der Waals surface area (Å²) in [4.78, 5) is 30.9. The number of benzene rings is 2. The molecule has 0 N–H and O–H groups in total. The van der Waals surface area contributed by atoms with Crippen LogP contribution in [0.1, 0.15) is 28.8 Å². The van der Waals surface area contributed by atoms with Crippen LogP contribution in [-0.2, 0) is 38.8 Å². The number of ether oxygens (including phenoxy) is 2. The highest BCUT2D eigenvalue weighted by molar-refractivity contribution is 7.09. The van der Waals surface area contributed by atoms with Gasteiger partial charge in [0.25, 0.3) is 0 Å². The lowest BCUT2D eigenvalue weighted by molar-refractivity contribution is -0.145. The first-order valence-corrected chi connectivity index (χ1v) is 13.0. The van der Waals surface area contributed by atoms with Gasteiger partial charge in [-0.3, -0.25) is 9.59 Å². The zero-order valence-corrected chi connectivity index (χ0v) is 21.0. The Balaban J connectivity index is 1.43. The Morgan fingerprint density at radius 2 is 1.75 bits per heavy atom. The quantitative estimate of drug-likeness (QED) is 0.356. The van der Waals surface area contributed by atoms with Crippen LogP contribution in [-0.4, -0.2) is 54.0 Å². The smallest absolute Gasteiger partial charge is 0.249 e. The molecule has 1 saturated heterocycles. The van der Waals surface area contributed by atoms with Gasteiger partial charge in [-0.1, -0.05) is 48.5 Å². The number of hydrogen-bond acceptors (Lipinski definition) is 5. The van der Waals surface area contributed by atoms with Crippen molar-refractivity contribution in [1.82, 2.24) is 9.80 Å². The molecule has 2 heterocycles. The summed E-state index contributed by atoms with van der Waals surface area (Å²) in [6.07, 6.45) is 1.72. The van der Waals surface area contributed by atoms with Gasteiger partial charge in [-0.25, -0.2) is 4.39 Å². The lowest BCUT2D eigenvalue weighted by Crippen LogP contribution is -2.46. The standard InChI is InChI=1S/C28H31FN2O4S/c29-24-12-10-22(11-13-24)16-30(18-26-9-5-15-36-26)27(32)19-31(17-25-8-4-14-35-25)28(33)21-34-20-23-6-2-1-3-7-23/h1-3,5-7,9-13,15,25H,4,8,14,16-21H2. The fourth-order valence-corrected chi connectivity index (χ4v) is 4.83. The van der Waals surface area contributed by atoms with Crippen molar-refractivity contribution in [3.63, 3.8) is 0 Å². The number of hydrogen-bond donors (Lipinski definition) is 0. The van der Waals surface area contributed by atoms with Gasteiger partial charge in [-0.05, 0) is 47.5 Å². The summed E-state index contributed by atoms with van der Waals surface area (Å²) in [5.74, 6) is -0.742. The van der Waals surface area contributed by atoms with Crippen LogP contribution in [0.25, 0.3) is 0 Å². The molecule has 0 saturated carbocycles. The molecule has 0 spiro atoms. The maximum absolute atomic E-state index is 13.5. The Morgan fingerprint density at radius 3 is 2.44 bits per heavy atom. The van der Waals surface area contributed by atoms with Gasteiger partial charge in [-0.15, -0.1) is 11.3 Å². The van der Waals surface area contributed by atoms with E-state index >= 15 is 0 Å². The summed E-state index contributed by atoms with van der Waals surface area (Å²) in [6.45, 7) is 1.90. The summed E-state index contributed by atoms with van der Waals surface area (Å²) >= 11 is 1.57. The minimum atomic E-state index is -0.321. The van der Waals surface area contributed by atoms with Crippen LogP contribution < -0.4 is 0 Å². The zero-order valence-electron chi connectivity index (χ0n) is 20.2. The second kappa shape index (κ2) is 13.3. The molecule has 6 nitrogen and oxygen atoms in total. The third-order valence-corrected chi connectivity index (χ3v) is 6.89. The minimum Gasteiger partial charge on any atom is -0.376 e. The molecule has 0 aliphatic carbocycles. The van der Waals surface area contributed by atoms with Gasteiger partial charge in [-0.2, -0.15) is 0 Å². The van der Waals surface area contributed by atoms with E-state index in [-0.39, 0.29) is 36.9 Å². The molecule has 190 valence electrons. The van der Waals surface area contributed by atoms with Crippen LogP contribution >= 0.6 is 11.3 Å². The molecule has 0 bridgehead atoms.